The lowest BCUT2D eigenvalue weighted by molar-refractivity contribution is 0.0702. The van der Waals surface area contributed by atoms with Crippen LogP contribution in [0.25, 0.3) is 10.2 Å². The molecule has 0 aliphatic carbocycles. The van der Waals surface area contributed by atoms with Gasteiger partial charge < -0.3 is 5.11 Å². The molecule has 0 aromatic carbocycles. The molecule has 0 saturated heterocycles. The SMILES string of the molecule is CC(C)Cc1nn(CC(C)C)c2sc(C(=O)O)cc12. The van der Waals surface area contributed by atoms with Gasteiger partial charge in [-0.3, -0.25) is 4.68 Å². The van der Waals surface area contributed by atoms with Crippen molar-refractivity contribution in [3.8, 4) is 0 Å². The van der Waals surface area contributed by atoms with Gasteiger partial charge in [0.25, 0.3) is 0 Å². The summed E-state index contributed by atoms with van der Waals surface area (Å²) in [5.41, 5.74) is 1.02. The van der Waals surface area contributed by atoms with Crippen molar-refractivity contribution in [1.29, 1.82) is 0 Å². The van der Waals surface area contributed by atoms with Crippen molar-refractivity contribution in [1.82, 2.24) is 9.78 Å². The van der Waals surface area contributed by atoms with Gasteiger partial charge in [-0.25, -0.2) is 4.79 Å². The molecule has 19 heavy (non-hydrogen) atoms. The Morgan fingerprint density at radius 1 is 1.37 bits per heavy atom. The lowest BCUT2D eigenvalue weighted by atomic mass is 10.1. The lowest BCUT2D eigenvalue weighted by Crippen LogP contribution is -2.06. The Kier molecular flexibility index (Phi) is 3.94. The van der Waals surface area contributed by atoms with Crippen LogP contribution < -0.4 is 0 Å². The van der Waals surface area contributed by atoms with Gasteiger partial charge in [0.2, 0.25) is 0 Å². The molecule has 0 radical (unpaired) electrons. The second-order valence-corrected chi connectivity index (χ2v) is 6.79. The van der Waals surface area contributed by atoms with Crippen LogP contribution in [0.4, 0.5) is 0 Å². The summed E-state index contributed by atoms with van der Waals surface area (Å²) >= 11 is 1.32. The van der Waals surface area contributed by atoms with E-state index in [-0.39, 0.29) is 0 Å². The molecule has 104 valence electrons. The average Bonchev–Trinajstić information content (AvgIpc) is 2.79. The third kappa shape index (κ3) is 2.97. The predicted molar refractivity (Wildman–Crippen MR) is 77.9 cm³/mol. The van der Waals surface area contributed by atoms with Crippen molar-refractivity contribution in [3.63, 3.8) is 0 Å². The molecule has 2 aromatic heterocycles. The quantitative estimate of drug-likeness (QED) is 0.909. The largest absolute Gasteiger partial charge is 0.477 e. The lowest BCUT2D eigenvalue weighted by Gasteiger charge is -2.05. The molecule has 0 aliphatic heterocycles. The first-order chi connectivity index (χ1) is 8.88. The summed E-state index contributed by atoms with van der Waals surface area (Å²) in [6, 6.07) is 1.77. The van der Waals surface area contributed by atoms with E-state index in [1.165, 1.54) is 11.3 Å². The summed E-state index contributed by atoms with van der Waals surface area (Å²) in [7, 11) is 0. The molecule has 5 heteroatoms. The minimum atomic E-state index is -0.854. The molecule has 1 N–H and O–H groups in total. The molecular formula is C14H20N2O2S. The molecule has 2 aromatic rings. The van der Waals surface area contributed by atoms with Crippen LogP contribution in [0, 0.1) is 11.8 Å². The van der Waals surface area contributed by atoms with Crippen LogP contribution >= 0.6 is 11.3 Å². The number of carboxylic acids is 1. The monoisotopic (exact) mass is 280 g/mol. The van der Waals surface area contributed by atoms with Crippen LogP contribution in [0.1, 0.15) is 43.1 Å². The van der Waals surface area contributed by atoms with Crippen LogP contribution in [0.15, 0.2) is 6.07 Å². The van der Waals surface area contributed by atoms with Gasteiger partial charge in [-0.2, -0.15) is 5.10 Å². The van der Waals surface area contributed by atoms with Crippen LogP contribution in [0.3, 0.4) is 0 Å². The van der Waals surface area contributed by atoms with E-state index in [9.17, 15) is 4.79 Å². The first-order valence-corrected chi connectivity index (χ1v) is 7.42. The summed E-state index contributed by atoms with van der Waals surface area (Å²) in [6.45, 7) is 9.41. The number of hydrogen-bond acceptors (Lipinski definition) is 3. The third-order valence-corrected chi connectivity index (χ3v) is 3.99. The number of carbonyl (C=O) groups is 1. The standard InChI is InChI=1S/C14H20N2O2S/c1-8(2)5-11-10-6-12(14(17)18)19-13(10)16(15-11)7-9(3)4/h6,8-9H,5,7H2,1-4H3,(H,17,18). The number of aromatic nitrogens is 2. The van der Waals surface area contributed by atoms with E-state index in [2.05, 4.69) is 32.8 Å². The van der Waals surface area contributed by atoms with E-state index in [4.69, 9.17) is 5.11 Å². The molecule has 2 rings (SSSR count). The summed E-state index contributed by atoms with van der Waals surface area (Å²) in [6.07, 6.45) is 0.886. The summed E-state index contributed by atoms with van der Waals surface area (Å²) in [4.78, 5) is 12.5. The van der Waals surface area contributed by atoms with Crippen molar-refractivity contribution in [2.24, 2.45) is 11.8 Å². The van der Waals surface area contributed by atoms with Crippen molar-refractivity contribution in [2.45, 2.75) is 40.7 Å². The van der Waals surface area contributed by atoms with Gasteiger partial charge in [0.05, 0.1) is 5.69 Å². The van der Waals surface area contributed by atoms with E-state index in [1.807, 2.05) is 4.68 Å². The topological polar surface area (TPSA) is 55.1 Å². The van der Waals surface area contributed by atoms with Crippen molar-refractivity contribution in [2.75, 3.05) is 0 Å². The second-order valence-electron chi connectivity index (χ2n) is 5.76. The first kappa shape index (κ1) is 14.1. The molecular weight excluding hydrogens is 260 g/mol. The number of hydrogen-bond donors (Lipinski definition) is 1. The summed E-state index contributed by atoms with van der Waals surface area (Å²) in [5, 5.41) is 14.8. The highest BCUT2D eigenvalue weighted by Gasteiger charge is 2.18. The molecule has 0 spiro atoms. The molecule has 0 unspecified atom stereocenters. The Morgan fingerprint density at radius 2 is 2.05 bits per heavy atom. The van der Waals surface area contributed by atoms with E-state index in [1.54, 1.807) is 6.07 Å². The summed E-state index contributed by atoms with van der Waals surface area (Å²) in [5.74, 6) is 0.150. The number of carboxylic acid groups (broad SMARTS) is 1. The van der Waals surface area contributed by atoms with Crippen LogP contribution in [0.5, 0.6) is 0 Å². The molecule has 0 aliphatic rings. The fourth-order valence-electron chi connectivity index (χ4n) is 2.14. The smallest absolute Gasteiger partial charge is 0.345 e. The highest BCUT2D eigenvalue weighted by molar-refractivity contribution is 7.20. The Bertz CT molecular complexity index is 553. The van der Waals surface area contributed by atoms with Crippen molar-refractivity contribution in [3.05, 3.63) is 16.6 Å². The first-order valence-electron chi connectivity index (χ1n) is 6.61. The normalized spacial score (nSPS) is 11.9. The fraction of sp³-hybridized carbons (Fsp3) is 0.571. The number of fused-ring (bicyclic) bond motifs is 1. The van der Waals surface area contributed by atoms with Gasteiger partial charge >= 0.3 is 5.97 Å². The minimum Gasteiger partial charge on any atom is -0.477 e. The molecule has 0 amide bonds. The highest BCUT2D eigenvalue weighted by atomic mass is 32.1. The molecule has 0 saturated carbocycles. The Balaban J connectivity index is 2.52. The van der Waals surface area contributed by atoms with Crippen molar-refractivity contribution < 1.29 is 9.90 Å². The van der Waals surface area contributed by atoms with Gasteiger partial charge in [-0.15, -0.1) is 11.3 Å². The van der Waals surface area contributed by atoms with E-state index >= 15 is 0 Å². The zero-order chi connectivity index (χ0) is 14.2. The fourth-order valence-corrected chi connectivity index (χ4v) is 3.12. The number of thiophene rings is 1. The van der Waals surface area contributed by atoms with Gasteiger partial charge in [-0.05, 0) is 24.3 Å². The summed E-state index contributed by atoms with van der Waals surface area (Å²) < 4.78 is 1.97. The van der Waals surface area contributed by atoms with Crippen LogP contribution in [0.2, 0.25) is 0 Å². The van der Waals surface area contributed by atoms with Gasteiger partial charge in [-0.1, -0.05) is 27.7 Å². The molecule has 0 bridgehead atoms. The Hall–Kier alpha value is -1.36. The molecule has 0 atom stereocenters. The maximum atomic E-state index is 11.1. The van der Waals surface area contributed by atoms with E-state index in [0.717, 1.165) is 28.9 Å². The van der Waals surface area contributed by atoms with E-state index < -0.39 is 5.97 Å². The highest BCUT2D eigenvalue weighted by Crippen LogP contribution is 2.30. The second kappa shape index (κ2) is 5.33. The maximum absolute atomic E-state index is 11.1. The number of rotatable bonds is 5. The predicted octanol–water partition coefficient (Wildman–Crippen LogP) is 3.65. The minimum absolute atomic E-state index is 0.398. The number of nitrogens with zero attached hydrogens (tertiary/aromatic N) is 2. The molecule has 0 fully saturated rings. The van der Waals surface area contributed by atoms with Crippen LogP contribution in [-0.4, -0.2) is 20.9 Å². The van der Waals surface area contributed by atoms with E-state index in [0.29, 0.717) is 16.7 Å². The Morgan fingerprint density at radius 3 is 2.58 bits per heavy atom. The van der Waals surface area contributed by atoms with Gasteiger partial charge in [0.1, 0.15) is 9.71 Å². The zero-order valence-corrected chi connectivity index (χ0v) is 12.6. The third-order valence-electron chi connectivity index (χ3n) is 2.85. The zero-order valence-electron chi connectivity index (χ0n) is 11.8. The van der Waals surface area contributed by atoms with Gasteiger partial charge in [0.15, 0.2) is 0 Å². The van der Waals surface area contributed by atoms with Crippen molar-refractivity contribution >= 4 is 27.5 Å². The van der Waals surface area contributed by atoms with Gasteiger partial charge in [0, 0.05) is 11.9 Å². The maximum Gasteiger partial charge on any atom is 0.345 e. The number of aromatic carboxylic acids is 1. The Labute approximate surface area is 117 Å². The molecule has 2 heterocycles. The molecule has 4 nitrogen and oxygen atoms in total. The van der Waals surface area contributed by atoms with Crippen LogP contribution in [-0.2, 0) is 13.0 Å². The average molecular weight is 280 g/mol.